The number of hydrogen-bond donors (Lipinski definition) is 1. The Morgan fingerprint density at radius 1 is 1.21 bits per heavy atom. The maximum absolute atomic E-state index is 13.8. The fraction of sp³-hybridized carbons (Fsp3) is 0.526. The third kappa shape index (κ3) is 3.66. The molecule has 0 bridgehead atoms. The van der Waals surface area contributed by atoms with Crippen molar-refractivity contribution in [3.8, 4) is 5.88 Å². The normalized spacial score (nSPS) is 20.8. The van der Waals surface area contributed by atoms with Gasteiger partial charge < -0.3 is 14.5 Å². The van der Waals surface area contributed by atoms with Crippen molar-refractivity contribution in [3.05, 3.63) is 39.7 Å². The Morgan fingerprint density at radius 2 is 1.93 bits per heavy atom. The molecule has 29 heavy (non-hydrogen) atoms. The van der Waals surface area contributed by atoms with Crippen LogP contribution in [0.1, 0.15) is 30.0 Å². The van der Waals surface area contributed by atoms with Crippen LogP contribution in [-0.4, -0.2) is 63.8 Å². The number of hydrogen-bond acceptors (Lipinski definition) is 7. The summed E-state index contributed by atoms with van der Waals surface area (Å²) >= 11 is 0. The summed E-state index contributed by atoms with van der Waals surface area (Å²) in [5, 5.41) is 7.89. The van der Waals surface area contributed by atoms with Crippen LogP contribution >= 0.6 is 0 Å². The summed E-state index contributed by atoms with van der Waals surface area (Å²) in [6, 6.07) is 3.27. The number of H-pyrrole nitrogens is 1. The highest BCUT2D eigenvalue weighted by molar-refractivity contribution is 5.92. The number of aryl methyl sites for hydroxylation is 1. The molecule has 2 atom stereocenters. The van der Waals surface area contributed by atoms with Gasteiger partial charge in [0.05, 0.1) is 12.3 Å². The van der Waals surface area contributed by atoms with E-state index in [0.29, 0.717) is 56.7 Å². The summed E-state index contributed by atoms with van der Waals surface area (Å²) in [5.74, 6) is 0.347. The van der Waals surface area contributed by atoms with Gasteiger partial charge in [-0.25, -0.2) is 4.98 Å². The van der Waals surface area contributed by atoms with Crippen LogP contribution < -0.4 is 15.2 Å². The Hall–Kier alpha value is -3.04. The Kier molecular flexibility index (Phi) is 5.16. The molecule has 2 aromatic heterocycles. The zero-order valence-corrected chi connectivity index (χ0v) is 16.4. The van der Waals surface area contributed by atoms with Gasteiger partial charge >= 0.3 is 0 Å². The molecule has 0 aromatic carbocycles. The standard InChI is InChI=1S/C19H23FN6O3/c1-3-13-16(20)17(27)22-19(21-13)26-9-11-7-25(8-12(11)10-26)18(28)14-5-6-15(24-23-14)29-4-2/h5-6,11-12H,3-4,7-10H2,1-2H3,(H,21,22,27). The number of fused-ring (bicyclic) bond motifs is 1. The van der Waals surface area contributed by atoms with Gasteiger partial charge in [-0.15, -0.1) is 10.2 Å². The van der Waals surface area contributed by atoms with E-state index in [1.54, 1.807) is 24.0 Å². The van der Waals surface area contributed by atoms with Gasteiger partial charge in [-0.05, 0) is 19.4 Å². The predicted molar refractivity (Wildman–Crippen MR) is 102 cm³/mol. The number of anilines is 1. The van der Waals surface area contributed by atoms with Gasteiger partial charge in [-0.1, -0.05) is 6.92 Å². The molecule has 0 radical (unpaired) electrons. The molecule has 0 spiro atoms. The molecule has 2 saturated heterocycles. The Morgan fingerprint density at radius 3 is 2.52 bits per heavy atom. The first-order valence-corrected chi connectivity index (χ1v) is 9.79. The van der Waals surface area contributed by atoms with Gasteiger partial charge in [0.15, 0.2) is 5.69 Å². The molecule has 9 nitrogen and oxygen atoms in total. The number of likely N-dealkylation sites (tertiary alicyclic amines) is 1. The molecule has 1 amide bonds. The van der Waals surface area contributed by atoms with E-state index in [9.17, 15) is 14.0 Å². The molecule has 2 aromatic rings. The fourth-order valence-corrected chi connectivity index (χ4v) is 4.03. The molecule has 0 aliphatic carbocycles. The van der Waals surface area contributed by atoms with Crippen molar-refractivity contribution in [2.45, 2.75) is 20.3 Å². The number of amides is 1. The van der Waals surface area contributed by atoms with Crippen LogP contribution in [0.15, 0.2) is 16.9 Å². The minimum Gasteiger partial charge on any atom is -0.477 e. The molecule has 4 rings (SSSR count). The molecule has 2 aliphatic rings. The zero-order chi connectivity index (χ0) is 20.5. The van der Waals surface area contributed by atoms with Gasteiger partial charge in [0, 0.05) is 44.1 Å². The highest BCUT2D eigenvalue weighted by Crippen LogP contribution is 2.33. The van der Waals surface area contributed by atoms with Crippen LogP contribution in [0.2, 0.25) is 0 Å². The summed E-state index contributed by atoms with van der Waals surface area (Å²) in [6.07, 6.45) is 0.356. The number of rotatable bonds is 5. The van der Waals surface area contributed by atoms with Crippen LogP contribution in [0.5, 0.6) is 5.88 Å². The number of nitrogens with one attached hydrogen (secondary N) is 1. The Balaban J connectivity index is 1.42. The number of nitrogens with zero attached hydrogens (tertiary/aromatic N) is 5. The van der Waals surface area contributed by atoms with Gasteiger partial charge in [0.1, 0.15) is 0 Å². The van der Waals surface area contributed by atoms with Crippen LogP contribution in [-0.2, 0) is 6.42 Å². The largest absolute Gasteiger partial charge is 0.477 e. The lowest BCUT2D eigenvalue weighted by atomic mass is 10.0. The smallest absolute Gasteiger partial charge is 0.288 e. The van der Waals surface area contributed by atoms with Crippen LogP contribution in [0.4, 0.5) is 10.3 Å². The van der Waals surface area contributed by atoms with Crippen molar-refractivity contribution in [2.24, 2.45) is 11.8 Å². The number of ether oxygens (including phenoxy) is 1. The average Bonchev–Trinajstić information content (AvgIpc) is 3.29. The number of aromatic amines is 1. The molecule has 4 heterocycles. The number of carbonyl (C=O) groups excluding carboxylic acids is 1. The summed E-state index contributed by atoms with van der Waals surface area (Å²) in [4.78, 5) is 35.1. The fourth-order valence-electron chi connectivity index (χ4n) is 4.03. The topological polar surface area (TPSA) is 104 Å². The second kappa shape index (κ2) is 7.76. The van der Waals surface area contributed by atoms with Crippen molar-refractivity contribution in [1.29, 1.82) is 0 Å². The minimum absolute atomic E-state index is 0.150. The van der Waals surface area contributed by atoms with E-state index in [0.717, 1.165) is 0 Å². The van der Waals surface area contributed by atoms with Gasteiger partial charge in [0.25, 0.3) is 11.5 Å². The molecular formula is C19H23FN6O3. The lowest BCUT2D eigenvalue weighted by Gasteiger charge is -2.22. The molecule has 2 unspecified atom stereocenters. The zero-order valence-electron chi connectivity index (χ0n) is 16.4. The molecule has 0 saturated carbocycles. The highest BCUT2D eigenvalue weighted by atomic mass is 19.1. The number of halogens is 1. The van der Waals surface area contributed by atoms with E-state index in [-0.39, 0.29) is 23.4 Å². The third-order valence-corrected chi connectivity index (χ3v) is 5.48. The maximum Gasteiger partial charge on any atom is 0.288 e. The van der Waals surface area contributed by atoms with Gasteiger partial charge in [0.2, 0.25) is 17.6 Å². The van der Waals surface area contributed by atoms with Crippen molar-refractivity contribution in [3.63, 3.8) is 0 Å². The summed E-state index contributed by atoms with van der Waals surface area (Å²) < 4.78 is 19.0. The lowest BCUT2D eigenvalue weighted by molar-refractivity contribution is 0.0775. The number of carbonyl (C=O) groups is 1. The molecule has 2 fully saturated rings. The second-order valence-electron chi connectivity index (χ2n) is 7.33. The first-order valence-electron chi connectivity index (χ1n) is 9.79. The van der Waals surface area contributed by atoms with Crippen molar-refractivity contribution in [2.75, 3.05) is 37.7 Å². The van der Waals surface area contributed by atoms with Crippen molar-refractivity contribution in [1.82, 2.24) is 25.1 Å². The van der Waals surface area contributed by atoms with Gasteiger partial charge in [-0.3, -0.25) is 14.6 Å². The minimum atomic E-state index is -0.816. The summed E-state index contributed by atoms with van der Waals surface area (Å²) in [5.41, 5.74) is -0.274. The number of aromatic nitrogens is 4. The monoisotopic (exact) mass is 402 g/mol. The van der Waals surface area contributed by atoms with Gasteiger partial charge in [-0.2, -0.15) is 4.39 Å². The molecule has 2 aliphatic heterocycles. The Labute approximate surface area is 166 Å². The van der Waals surface area contributed by atoms with E-state index >= 15 is 0 Å². The van der Waals surface area contributed by atoms with Crippen LogP contribution in [0, 0.1) is 17.7 Å². The highest BCUT2D eigenvalue weighted by Gasteiger charge is 2.42. The van der Waals surface area contributed by atoms with Crippen molar-refractivity contribution < 1.29 is 13.9 Å². The average molecular weight is 402 g/mol. The molecule has 1 N–H and O–H groups in total. The maximum atomic E-state index is 13.8. The van der Waals surface area contributed by atoms with Crippen LogP contribution in [0.25, 0.3) is 0 Å². The summed E-state index contributed by atoms with van der Waals surface area (Å²) in [7, 11) is 0. The van der Waals surface area contributed by atoms with Crippen LogP contribution in [0.3, 0.4) is 0 Å². The molecular weight excluding hydrogens is 379 g/mol. The van der Waals surface area contributed by atoms with E-state index < -0.39 is 11.4 Å². The molecule has 10 heteroatoms. The van der Waals surface area contributed by atoms with Crippen molar-refractivity contribution >= 4 is 11.9 Å². The Bertz CT molecular complexity index is 949. The molecule has 154 valence electrons. The first kappa shape index (κ1) is 19.3. The summed E-state index contributed by atoms with van der Waals surface area (Å²) in [6.45, 7) is 6.61. The van der Waals surface area contributed by atoms with E-state index in [1.165, 1.54) is 0 Å². The third-order valence-electron chi connectivity index (χ3n) is 5.48. The van der Waals surface area contributed by atoms with E-state index in [4.69, 9.17) is 4.74 Å². The quantitative estimate of drug-likeness (QED) is 0.791. The lowest BCUT2D eigenvalue weighted by Crippen LogP contribution is -2.35. The predicted octanol–water partition coefficient (Wildman–Crippen LogP) is 0.868. The van der Waals surface area contributed by atoms with E-state index in [2.05, 4.69) is 20.2 Å². The first-order chi connectivity index (χ1) is 14.0. The SMILES string of the molecule is CCOc1ccc(C(=O)N2CC3CN(c4nc(CC)c(F)c(=O)[nH]4)CC3C2)nn1. The second-order valence-corrected chi connectivity index (χ2v) is 7.33. The van der Waals surface area contributed by atoms with E-state index in [1.807, 2.05) is 11.8 Å².